The molecule has 1 N–H and O–H groups in total. The van der Waals surface area contributed by atoms with Gasteiger partial charge in [-0.3, -0.25) is 4.79 Å². The number of amides is 1. The van der Waals surface area contributed by atoms with Crippen molar-refractivity contribution < 1.29 is 9.18 Å². The number of anilines is 1. The Bertz CT molecular complexity index is 973. The average molecular weight is 361 g/mol. The summed E-state index contributed by atoms with van der Waals surface area (Å²) in [7, 11) is 0. The Morgan fingerprint density at radius 3 is 2.70 bits per heavy atom. The Kier molecular flexibility index (Phi) is 4.83. The molecule has 0 saturated carbocycles. The minimum atomic E-state index is -0.260. The predicted molar refractivity (Wildman–Crippen MR) is 103 cm³/mol. The summed E-state index contributed by atoms with van der Waals surface area (Å²) in [6.45, 7) is 1.64. The van der Waals surface area contributed by atoms with Crippen LogP contribution in [0.15, 0.2) is 66.9 Å². The van der Waals surface area contributed by atoms with Gasteiger partial charge < -0.3 is 10.2 Å². The molecule has 4 rings (SSSR count). The summed E-state index contributed by atoms with van der Waals surface area (Å²) >= 11 is 0. The van der Waals surface area contributed by atoms with Crippen molar-refractivity contribution in [3.05, 3.63) is 94.9 Å². The van der Waals surface area contributed by atoms with Crippen molar-refractivity contribution in [3.8, 4) is 0 Å². The molecule has 27 heavy (non-hydrogen) atoms. The molecule has 1 aromatic heterocycles. The first-order valence-electron chi connectivity index (χ1n) is 9.00. The molecule has 0 saturated heterocycles. The minimum absolute atomic E-state index is 0.0131. The van der Waals surface area contributed by atoms with Gasteiger partial charge in [-0.05, 0) is 35.7 Å². The maximum Gasteiger partial charge on any atom is 0.254 e. The summed E-state index contributed by atoms with van der Waals surface area (Å²) in [5.41, 5.74) is 3.65. The Morgan fingerprint density at radius 1 is 1.07 bits per heavy atom. The zero-order chi connectivity index (χ0) is 18.6. The molecular weight excluding hydrogens is 341 g/mol. The Morgan fingerprint density at radius 2 is 1.85 bits per heavy atom. The van der Waals surface area contributed by atoms with E-state index >= 15 is 0 Å². The zero-order valence-corrected chi connectivity index (χ0v) is 14.9. The van der Waals surface area contributed by atoms with Crippen LogP contribution in [0.5, 0.6) is 0 Å². The largest absolute Gasteiger partial charge is 0.366 e. The smallest absolute Gasteiger partial charge is 0.254 e. The van der Waals surface area contributed by atoms with Crippen molar-refractivity contribution in [2.45, 2.75) is 19.5 Å². The number of aromatic nitrogens is 1. The predicted octanol–water partition coefficient (Wildman–Crippen LogP) is 4.03. The summed E-state index contributed by atoms with van der Waals surface area (Å²) in [6, 6.07) is 18.3. The van der Waals surface area contributed by atoms with Crippen molar-refractivity contribution in [2.24, 2.45) is 0 Å². The summed E-state index contributed by atoms with van der Waals surface area (Å²) in [5, 5.41) is 3.09. The van der Waals surface area contributed by atoms with Gasteiger partial charge in [-0.25, -0.2) is 9.37 Å². The number of fused-ring (bicyclic) bond motifs is 1. The van der Waals surface area contributed by atoms with Crippen LogP contribution in [0.1, 0.15) is 27.0 Å². The van der Waals surface area contributed by atoms with Crippen LogP contribution < -0.4 is 5.32 Å². The van der Waals surface area contributed by atoms with Gasteiger partial charge in [0.15, 0.2) is 0 Å². The molecule has 3 aromatic rings. The van der Waals surface area contributed by atoms with Crippen LogP contribution in [0, 0.1) is 5.82 Å². The highest BCUT2D eigenvalue weighted by molar-refractivity contribution is 5.95. The quantitative estimate of drug-likeness (QED) is 0.763. The third-order valence-corrected chi connectivity index (χ3v) is 4.84. The SMILES string of the molecule is O=C(c1ccnc(NCc2ccccc2F)c1)N1CCc2ccccc2C1. The molecule has 0 fully saturated rings. The van der Waals surface area contributed by atoms with Crippen LogP contribution in [0.3, 0.4) is 0 Å². The van der Waals surface area contributed by atoms with Crippen LogP contribution in [0.25, 0.3) is 0 Å². The summed E-state index contributed by atoms with van der Waals surface area (Å²) in [4.78, 5) is 19.0. The van der Waals surface area contributed by atoms with E-state index in [0.717, 1.165) is 6.42 Å². The molecule has 136 valence electrons. The first kappa shape index (κ1) is 17.2. The Hall–Kier alpha value is -3.21. The van der Waals surface area contributed by atoms with Gasteiger partial charge in [0, 0.05) is 37.0 Å². The molecule has 2 aromatic carbocycles. The van der Waals surface area contributed by atoms with E-state index < -0.39 is 0 Å². The van der Waals surface area contributed by atoms with Gasteiger partial charge in [0.05, 0.1) is 0 Å². The van der Waals surface area contributed by atoms with Gasteiger partial charge in [0.2, 0.25) is 0 Å². The number of carbonyl (C=O) groups is 1. The van der Waals surface area contributed by atoms with Crippen molar-refractivity contribution in [1.82, 2.24) is 9.88 Å². The van der Waals surface area contributed by atoms with Crippen molar-refractivity contribution in [1.29, 1.82) is 0 Å². The Balaban J connectivity index is 1.46. The van der Waals surface area contributed by atoms with Gasteiger partial charge in [0.25, 0.3) is 5.91 Å². The molecule has 0 aliphatic carbocycles. The highest BCUT2D eigenvalue weighted by Gasteiger charge is 2.21. The average Bonchev–Trinajstić information content (AvgIpc) is 2.72. The van der Waals surface area contributed by atoms with Gasteiger partial charge in [-0.2, -0.15) is 0 Å². The molecule has 1 aliphatic heterocycles. The minimum Gasteiger partial charge on any atom is -0.366 e. The molecule has 4 nitrogen and oxygen atoms in total. The second-order valence-corrected chi connectivity index (χ2v) is 6.62. The van der Waals surface area contributed by atoms with E-state index in [1.807, 2.05) is 17.0 Å². The number of hydrogen-bond donors (Lipinski definition) is 1. The van der Waals surface area contributed by atoms with Crippen molar-refractivity contribution in [3.63, 3.8) is 0 Å². The number of halogens is 1. The number of rotatable bonds is 4. The van der Waals surface area contributed by atoms with Crippen LogP contribution in [-0.2, 0) is 19.5 Å². The number of nitrogens with one attached hydrogen (secondary N) is 1. The molecule has 0 bridgehead atoms. The van der Waals surface area contributed by atoms with Crippen LogP contribution in [0.4, 0.5) is 10.2 Å². The molecule has 5 heteroatoms. The summed E-state index contributed by atoms with van der Waals surface area (Å²) in [6.07, 6.45) is 2.47. The van der Waals surface area contributed by atoms with E-state index in [9.17, 15) is 9.18 Å². The molecule has 0 radical (unpaired) electrons. The second kappa shape index (κ2) is 7.58. The highest BCUT2D eigenvalue weighted by atomic mass is 19.1. The van der Waals surface area contributed by atoms with Crippen LogP contribution in [-0.4, -0.2) is 22.3 Å². The monoisotopic (exact) mass is 361 g/mol. The Labute approximate surface area is 157 Å². The number of benzene rings is 2. The number of hydrogen-bond acceptors (Lipinski definition) is 3. The topological polar surface area (TPSA) is 45.2 Å². The van der Waals surface area contributed by atoms with E-state index in [2.05, 4.69) is 22.4 Å². The third-order valence-electron chi connectivity index (χ3n) is 4.84. The maximum absolute atomic E-state index is 13.7. The summed E-state index contributed by atoms with van der Waals surface area (Å²) in [5.74, 6) is 0.284. The van der Waals surface area contributed by atoms with Crippen LogP contribution >= 0.6 is 0 Å². The highest BCUT2D eigenvalue weighted by Crippen LogP contribution is 2.21. The van der Waals surface area contributed by atoms with E-state index in [4.69, 9.17) is 0 Å². The fourth-order valence-electron chi connectivity index (χ4n) is 3.34. The lowest BCUT2D eigenvalue weighted by atomic mass is 9.99. The lowest BCUT2D eigenvalue weighted by molar-refractivity contribution is 0.0734. The fourth-order valence-corrected chi connectivity index (χ4v) is 3.34. The molecule has 1 aliphatic rings. The van der Waals surface area contributed by atoms with Gasteiger partial charge in [-0.15, -0.1) is 0 Å². The van der Waals surface area contributed by atoms with E-state index in [1.165, 1.54) is 17.2 Å². The molecule has 0 atom stereocenters. The third kappa shape index (κ3) is 3.82. The van der Waals surface area contributed by atoms with Crippen molar-refractivity contribution in [2.75, 3.05) is 11.9 Å². The fraction of sp³-hybridized carbons (Fsp3) is 0.182. The normalized spacial score (nSPS) is 13.1. The zero-order valence-electron chi connectivity index (χ0n) is 14.9. The number of pyridine rings is 1. The van der Waals surface area contributed by atoms with Gasteiger partial charge >= 0.3 is 0 Å². The standard InChI is InChI=1S/C22H20FN3O/c23-20-8-4-3-6-18(20)14-25-21-13-17(9-11-24-21)22(27)26-12-10-16-5-1-2-7-19(16)15-26/h1-9,11,13H,10,12,14-15H2,(H,24,25). The summed E-state index contributed by atoms with van der Waals surface area (Å²) < 4.78 is 13.7. The van der Waals surface area contributed by atoms with Crippen LogP contribution in [0.2, 0.25) is 0 Å². The van der Waals surface area contributed by atoms with E-state index in [1.54, 1.807) is 36.5 Å². The van der Waals surface area contributed by atoms with Gasteiger partial charge in [0.1, 0.15) is 11.6 Å². The van der Waals surface area contributed by atoms with E-state index in [0.29, 0.717) is 36.6 Å². The lowest BCUT2D eigenvalue weighted by Gasteiger charge is -2.29. The number of carbonyl (C=O) groups excluding carboxylic acids is 1. The molecule has 0 unspecified atom stereocenters. The van der Waals surface area contributed by atoms with Gasteiger partial charge in [-0.1, -0.05) is 42.5 Å². The molecule has 2 heterocycles. The van der Waals surface area contributed by atoms with E-state index in [-0.39, 0.29) is 11.7 Å². The van der Waals surface area contributed by atoms with Crippen molar-refractivity contribution >= 4 is 11.7 Å². The first-order chi connectivity index (χ1) is 13.2. The molecule has 0 spiro atoms. The lowest BCUT2D eigenvalue weighted by Crippen LogP contribution is -2.35. The second-order valence-electron chi connectivity index (χ2n) is 6.62. The maximum atomic E-state index is 13.7. The number of nitrogens with zero attached hydrogens (tertiary/aromatic N) is 2. The molecular formula is C22H20FN3O. The molecule has 1 amide bonds. The first-order valence-corrected chi connectivity index (χ1v) is 9.00.